The average Bonchev–Trinajstić information content (AvgIpc) is 3.47. The van der Waals surface area contributed by atoms with E-state index in [1.165, 1.54) is 13.4 Å². The van der Waals surface area contributed by atoms with E-state index in [4.69, 9.17) is 18.2 Å². The van der Waals surface area contributed by atoms with E-state index in [-0.39, 0.29) is 10.9 Å². The van der Waals surface area contributed by atoms with Gasteiger partial charge in [-0.3, -0.25) is 9.36 Å². The molecular formula is C24H33N5O6PSi+. The van der Waals surface area contributed by atoms with Gasteiger partial charge in [-0.15, -0.1) is 9.05 Å². The molecule has 0 bridgehead atoms. The van der Waals surface area contributed by atoms with E-state index in [1.807, 2.05) is 6.07 Å². The van der Waals surface area contributed by atoms with Crippen molar-refractivity contribution in [3.63, 3.8) is 0 Å². The summed E-state index contributed by atoms with van der Waals surface area (Å²) in [5, 5.41) is 2.83. The van der Waals surface area contributed by atoms with E-state index >= 15 is 0 Å². The maximum absolute atomic E-state index is 12.7. The lowest BCUT2D eigenvalue weighted by Crippen LogP contribution is -2.44. The third-order valence-electron chi connectivity index (χ3n) is 6.90. The predicted octanol–water partition coefficient (Wildman–Crippen LogP) is 5.08. The molecule has 1 fully saturated rings. The van der Waals surface area contributed by atoms with Gasteiger partial charge in [0.1, 0.15) is 24.8 Å². The Balaban J connectivity index is 1.55. The Kier molecular flexibility index (Phi) is 8.17. The van der Waals surface area contributed by atoms with Crippen molar-refractivity contribution in [1.82, 2.24) is 19.5 Å². The molecule has 2 aromatic heterocycles. The second-order valence-electron chi connectivity index (χ2n) is 10.4. The van der Waals surface area contributed by atoms with Gasteiger partial charge in [0.2, 0.25) is 0 Å². The largest absolute Gasteiger partial charge is 0.697 e. The summed E-state index contributed by atoms with van der Waals surface area (Å²) in [6, 6.07) is 8.86. The van der Waals surface area contributed by atoms with Crippen LogP contribution in [0.5, 0.6) is 0 Å². The van der Waals surface area contributed by atoms with E-state index in [1.54, 1.807) is 35.2 Å². The number of hydrogen-bond donors (Lipinski definition) is 1. The summed E-state index contributed by atoms with van der Waals surface area (Å²) in [5.41, 5.74) is 1.42. The molecule has 4 rings (SSSR count). The van der Waals surface area contributed by atoms with Gasteiger partial charge in [0.15, 0.2) is 25.3 Å². The van der Waals surface area contributed by atoms with E-state index in [9.17, 15) is 9.36 Å². The number of nitrogens with zero attached hydrogens (tertiary/aromatic N) is 4. The number of fused-ring (bicyclic) bond motifs is 1. The van der Waals surface area contributed by atoms with Crippen LogP contribution in [0.4, 0.5) is 5.82 Å². The molecule has 37 heavy (non-hydrogen) atoms. The zero-order chi connectivity index (χ0) is 26.8. The minimum Gasteiger partial charge on any atom is -0.414 e. The molecule has 198 valence electrons. The number of aromatic nitrogens is 4. The number of anilines is 1. The molecule has 3 heterocycles. The second kappa shape index (κ2) is 11.0. The number of carbonyl (C=O) groups is 1. The van der Waals surface area contributed by atoms with Gasteiger partial charge < -0.3 is 14.5 Å². The minimum absolute atomic E-state index is 0.0249. The Morgan fingerprint density at radius 2 is 1.95 bits per heavy atom. The molecule has 0 radical (unpaired) electrons. The SMILES string of the molecule is CO[P+](=O)O[C@H]1C[C@H](n2cnc3c(NC(=O)c4ccccc4)ncnc32)O[C@@H]1CO[Si](C)(C)C(C)(C)C. The molecule has 1 N–H and O–H groups in total. The summed E-state index contributed by atoms with van der Waals surface area (Å²) < 4.78 is 37.1. The van der Waals surface area contributed by atoms with E-state index in [0.29, 0.717) is 35.6 Å². The van der Waals surface area contributed by atoms with Crippen molar-refractivity contribution in [3.05, 3.63) is 48.5 Å². The summed E-state index contributed by atoms with van der Waals surface area (Å²) in [6.45, 7) is 11.1. The Hall–Kier alpha value is -2.60. The average molecular weight is 547 g/mol. The first-order chi connectivity index (χ1) is 17.5. The van der Waals surface area contributed by atoms with Gasteiger partial charge in [-0.05, 0) is 30.3 Å². The van der Waals surface area contributed by atoms with Gasteiger partial charge in [-0.2, -0.15) is 0 Å². The molecule has 1 aliphatic rings. The number of nitrogens with one attached hydrogen (secondary N) is 1. The first-order valence-corrected chi connectivity index (χ1v) is 16.0. The Morgan fingerprint density at radius 1 is 1.22 bits per heavy atom. The quantitative estimate of drug-likeness (QED) is 0.289. The molecule has 3 aromatic rings. The van der Waals surface area contributed by atoms with Crippen LogP contribution in [0, 0.1) is 0 Å². The van der Waals surface area contributed by atoms with Gasteiger partial charge in [0, 0.05) is 16.5 Å². The lowest BCUT2D eigenvalue weighted by molar-refractivity contribution is -0.0370. The van der Waals surface area contributed by atoms with Crippen LogP contribution in [0.2, 0.25) is 18.1 Å². The van der Waals surface area contributed by atoms with Crippen LogP contribution in [0.1, 0.15) is 43.8 Å². The first-order valence-electron chi connectivity index (χ1n) is 12.0. The van der Waals surface area contributed by atoms with Crippen LogP contribution in [0.15, 0.2) is 43.0 Å². The Bertz CT molecular complexity index is 1270. The van der Waals surface area contributed by atoms with Crippen molar-refractivity contribution in [1.29, 1.82) is 0 Å². The summed E-state index contributed by atoms with van der Waals surface area (Å²) >= 11 is 0. The number of carbonyl (C=O) groups excluding carboxylic acids is 1. The fraction of sp³-hybridized carbons (Fsp3) is 0.500. The standard InChI is InChI=1S/C24H32N5O6PSi/c1-24(2,3)37(5,6)33-13-18-17(35-36(31)32-4)12-19(34-18)29-15-27-20-21(25-14-26-22(20)29)28-23(30)16-10-8-7-9-11-16/h7-11,14-15,17-19H,12-13H2,1-6H3/p+1/t17-,18+,19+/m0/s1. The lowest BCUT2D eigenvalue weighted by Gasteiger charge is -2.37. The molecule has 0 aliphatic carbocycles. The number of ether oxygens (including phenoxy) is 1. The second-order valence-corrected chi connectivity index (χ2v) is 16.2. The Labute approximate surface area is 218 Å². The molecule has 0 spiro atoms. The molecule has 13 heteroatoms. The minimum atomic E-state index is -2.30. The molecular weight excluding hydrogens is 513 g/mol. The highest BCUT2D eigenvalue weighted by molar-refractivity contribution is 7.33. The van der Waals surface area contributed by atoms with Crippen molar-refractivity contribution in [3.8, 4) is 0 Å². The van der Waals surface area contributed by atoms with Gasteiger partial charge in [-0.25, -0.2) is 15.0 Å². The van der Waals surface area contributed by atoms with Gasteiger partial charge in [-0.1, -0.05) is 39.0 Å². The van der Waals surface area contributed by atoms with E-state index in [2.05, 4.69) is 54.1 Å². The Morgan fingerprint density at radius 3 is 2.62 bits per heavy atom. The predicted molar refractivity (Wildman–Crippen MR) is 141 cm³/mol. The molecule has 1 saturated heterocycles. The number of amides is 1. The molecule has 0 saturated carbocycles. The fourth-order valence-electron chi connectivity index (χ4n) is 3.72. The molecule has 11 nitrogen and oxygen atoms in total. The normalized spacial score (nSPS) is 20.8. The topological polar surface area (TPSA) is 127 Å². The number of imidazole rings is 1. The van der Waals surface area contributed by atoms with Crippen molar-refractivity contribution in [2.24, 2.45) is 0 Å². The van der Waals surface area contributed by atoms with Crippen LogP contribution in [-0.4, -0.2) is 59.7 Å². The maximum atomic E-state index is 12.7. The highest BCUT2D eigenvalue weighted by Crippen LogP contribution is 2.41. The maximum Gasteiger partial charge on any atom is 0.697 e. The number of rotatable bonds is 9. The summed E-state index contributed by atoms with van der Waals surface area (Å²) in [5.74, 6) is -0.00406. The van der Waals surface area contributed by atoms with Gasteiger partial charge >= 0.3 is 8.25 Å². The molecule has 1 unspecified atom stereocenters. The van der Waals surface area contributed by atoms with Gasteiger partial charge in [0.25, 0.3) is 5.91 Å². The summed E-state index contributed by atoms with van der Waals surface area (Å²) in [7, 11) is -3.02. The lowest BCUT2D eigenvalue weighted by atomic mass is 10.2. The van der Waals surface area contributed by atoms with Gasteiger partial charge in [0.05, 0.1) is 20.0 Å². The van der Waals surface area contributed by atoms with Crippen molar-refractivity contribution < 1.29 is 27.6 Å². The zero-order valence-electron chi connectivity index (χ0n) is 21.9. The highest BCUT2D eigenvalue weighted by atomic mass is 31.1. The van der Waals surface area contributed by atoms with Crippen LogP contribution in [0.25, 0.3) is 11.2 Å². The molecule has 4 atom stereocenters. The number of benzene rings is 1. The zero-order valence-corrected chi connectivity index (χ0v) is 23.8. The third-order valence-corrected chi connectivity index (χ3v) is 12.1. The third kappa shape index (κ3) is 6.11. The summed E-state index contributed by atoms with van der Waals surface area (Å²) in [6.07, 6.45) is 1.85. The van der Waals surface area contributed by atoms with Crippen molar-refractivity contribution >= 4 is 39.5 Å². The smallest absolute Gasteiger partial charge is 0.414 e. The summed E-state index contributed by atoms with van der Waals surface area (Å²) in [4.78, 5) is 25.7. The van der Waals surface area contributed by atoms with Crippen LogP contribution >= 0.6 is 8.25 Å². The van der Waals surface area contributed by atoms with E-state index in [0.717, 1.165) is 0 Å². The van der Waals surface area contributed by atoms with E-state index < -0.39 is 35.0 Å². The van der Waals surface area contributed by atoms with Crippen LogP contribution < -0.4 is 5.32 Å². The monoisotopic (exact) mass is 546 g/mol. The molecule has 1 aromatic carbocycles. The molecule has 1 amide bonds. The number of hydrogen-bond acceptors (Lipinski definition) is 9. The van der Waals surface area contributed by atoms with Crippen LogP contribution in [0.3, 0.4) is 0 Å². The fourth-order valence-corrected chi connectivity index (χ4v) is 5.26. The first kappa shape index (κ1) is 27.4. The molecule has 1 aliphatic heterocycles. The van der Waals surface area contributed by atoms with Crippen molar-refractivity contribution in [2.75, 3.05) is 19.0 Å². The van der Waals surface area contributed by atoms with Crippen LogP contribution in [-0.2, 0) is 22.8 Å². The van der Waals surface area contributed by atoms with Crippen molar-refractivity contribution in [2.45, 2.75) is 63.8 Å². The highest BCUT2D eigenvalue weighted by Gasteiger charge is 2.45.